The number of rotatable bonds is 7. The van der Waals surface area contributed by atoms with Gasteiger partial charge in [-0.15, -0.1) is 0 Å². The number of esters is 1. The average molecular weight is 263 g/mol. The fourth-order valence-electron chi connectivity index (χ4n) is 2.05. The van der Waals surface area contributed by atoms with E-state index in [4.69, 9.17) is 4.74 Å². The maximum atomic E-state index is 11.7. The summed E-state index contributed by atoms with van der Waals surface area (Å²) in [6.07, 6.45) is 2.33. The van der Waals surface area contributed by atoms with E-state index < -0.39 is 0 Å². The molecule has 0 heterocycles. The molecule has 0 aliphatic heterocycles. The fraction of sp³-hybridized carbons (Fsp3) is 0.562. The molecule has 0 aliphatic rings. The van der Waals surface area contributed by atoms with Crippen molar-refractivity contribution in [2.24, 2.45) is 0 Å². The lowest BCUT2D eigenvalue weighted by atomic mass is 9.89. The van der Waals surface area contributed by atoms with E-state index in [0.29, 0.717) is 13.0 Å². The van der Waals surface area contributed by atoms with Gasteiger partial charge in [-0.25, -0.2) is 0 Å². The Morgan fingerprint density at radius 3 is 2.42 bits per heavy atom. The lowest BCUT2D eigenvalue weighted by molar-refractivity contribution is -0.146. The Morgan fingerprint density at radius 2 is 1.89 bits per heavy atom. The summed E-state index contributed by atoms with van der Waals surface area (Å²) in [7, 11) is 4.04. The van der Waals surface area contributed by atoms with Crippen LogP contribution in [0.1, 0.15) is 32.3 Å². The molecule has 0 fully saturated rings. The second-order valence-corrected chi connectivity index (χ2v) is 5.36. The van der Waals surface area contributed by atoms with Gasteiger partial charge in [0.1, 0.15) is 0 Å². The zero-order valence-electron chi connectivity index (χ0n) is 12.5. The highest BCUT2D eigenvalue weighted by atomic mass is 16.5. The lowest BCUT2D eigenvalue weighted by Crippen LogP contribution is -2.43. The number of aryl methyl sites for hydroxylation is 1. The molecule has 0 bridgehead atoms. The molecule has 0 spiro atoms. The van der Waals surface area contributed by atoms with Crippen molar-refractivity contribution in [2.75, 3.05) is 20.7 Å². The highest BCUT2D eigenvalue weighted by molar-refractivity contribution is 5.70. The second-order valence-electron chi connectivity index (χ2n) is 5.36. The number of carbonyl (C=O) groups is 1. The van der Waals surface area contributed by atoms with Gasteiger partial charge in [0, 0.05) is 5.54 Å². The van der Waals surface area contributed by atoms with Crippen LogP contribution in [0.4, 0.5) is 0 Å². The average Bonchev–Trinajstić information content (AvgIpc) is 2.37. The predicted octanol–water partition coefficient (Wildman–Crippen LogP) is 2.89. The fourth-order valence-corrected chi connectivity index (χ4v) is 2.05. The summed E-state index contributed by atoms with van der Waals surface area (Å²) < 4.78 is 5.07. The third-order valence-electron chi connectivity index (χ3n) is 3.71. The van der Waals surface area contributed by atoms with Crippen molar-refractivity contribution >= 4 is 5.97 Å². The van der Waals surface area contributed by atoms with Gasteiger partial charge < -0.3 is 9.64 Å². The Balaban J connectivity index is 2.63. The van der Waals surface area contributed by atoms with E-state index in [2.05, 4.69) is 24.0 Å². The van der Waals surface area contributed by atoms with Crippen LogP contribution in [0.15, 0.2) is 30.3 Å². The van der Waals surface area contributed by atoms with Crippen molar-refractivity contribution in [2.45, 2.75) is 38.6 Å². The molecule has 0 radical (unpaired) electrons. The zero-order chi connectivity index (χ0) is 14.3. The maximum Gasteiger partial charge on any atom is 0.307 e. The summed E-state index contributed by atoms with van der Waals surface area (Å²) in [6.45, 7) is 4.41. The van der Waals surface area contributed by atoms with Crippen molar-refractivity contribution in [1.82, 2.24) is 4.90 Å². The minimum absolute atomic E-state index is 0.119. The largest absolute Gasteiger partial charge is 0.466 e. The standard InChI is InChI=1S/C16H25NO2/c1-5-19-15(18)13-16(2,17(3)4)12-11-14-9-7-6-8-10-14/h6-10H,5,11-13H2,1-4H3. The van der Waals surface area contributed by atoms with Gasteiger partial charge in [-0.1, -0.05) is 30.3 Å². The molecular weight excluding hydrogens is 238 g/mol. The Hall–Kier alpha value is -1.35. The molecule has 106 valence electrons. The van der Waals surface area contributed by atoms with Crippen LogP contribution in [-0.2, 0) is 16.0 Å². The molecule has 0 saturated heterocycles. The summed E-state index contributed by atoms with van der Waals surface area (Å²) in [5, 5.41) is 0. The quantitative estimate of drug-likeness (QED) is 0.708. The van der Waals surface area contributed by atoms with E-state index in [1.54, 1.807) is 0 Å². The first-order valence-electron chi connectivity index (χ1n) is 6.85. The summed E-state index contributed by atoms with van der Waals surface area (Å²) in [4.78, 5) is 13.8. The monoisotopic (exact) mass is 263 g/mol. The topological polar surface area (TPSA) is 29.5 Å². The van der Waals surface area contributed by atoms with Gasteiger partial charge in [0.05, 0.1) is 13.0 Å². The van der Waals surface area contributed by atoms with E-state index in [9.17, 15) is 4.79 Å². The van der Waals surface area contributed by atoms with Crippen molar-refractivity contribution in [3.05, 3.63) is 35.9 Å². The van der Waals surface area contributed by atoms with Crippen LogP contribution in [0.2, 0.25) is 0 Å². The first-order chi connectivity index (χ1) is 8.98. The molecule has 1 unspecified atom stereocenters. The van der Waals surface area contributed by atoms with E-state index in [1.165, 1.54) is 5.56 Å². The molecule has 0 aromatic heterocycles. The molecule has 1 atom stereocenters. The van der Waals surface area contributed by atoms with E-state index in [0.717, 1.165) is 12.8 Å². The summed E-state index contributed by atoms with van der Waals surface area (Å²) in [6, 6.07) is 10.4. The van der Waals surface area contributed by atoms with Gasteiger partial charge in [0.15, 0.2) is 0 Å². The first kappa shape index (κ1) is 15.7. The Bertz CT molecular complexity index is 389. The van der Waals surface area contributed by atoms with E-state index in [-0.39, 0.29) is 11.5 Å². The minimum Gasteiger partial charge on any atom is -0.466 e. The van der Waals surface area contributed by atoms with Crippen molar-refractivity contribution in [3.63, 3.8) is 0 Å². The summed E-state index contributed by atoms with van der Waals surface area (Å²) in [5.74, 6) is -0.119. The third-order valence-corrected chi connectivity index (χ3v) is 3.71. The zero-order valence-corrected chi connectivity index (χ0v) is 12.5. The van der Waals surface area contributed by atoms with E-state index in [1.807, 2.05) is 39.2 Å². The Morgan fingerprint density at radius 1 is 1.26 bits per heavy atom. The Labute approximate surface area is 116 Å². The smallest absolute Gasteiger partial charge is 0.307 e. The SMILES string of the molecule is CCOC(=O)CC(C)(CCc1ccccc1)N(C)C. The van der Waals surface area contributed by atoms with Gasteiger partial charge in [-0.2, -0.15) is 0 Å². The molecule has 0 N–H and O–H groups in total. The molecule has 0 saturated carbocycles. The van der Waals surface area contributed by atoms with Crippen LogP contribution in [-0.4, -0.2) is 37.1 Å². The van der Waals surface area contributed by atoms with Crippen molar-refractivity contribution in [1.29, 1.82) is 0 Å². The molecule has 1 aromatic rings. The first-order valence-corrected chi connectivity index (χ1v) is 6.85. The Kier molecular flexibility index (Phi) is 6.03. The molecule has 1 aromatic carbocycles. The van der Waals surface area contributed by atoms with Crippen LogP contribution < -0.4 is 0 Å². The lowest BCUT2D eigenvalue weighted by Gasteiger charge is -2.36. The number of carbonyl (C=O) groups excluding carboxylic acids is 1. The van der Waals surface area contributed by atoms with Crippen LogP contribution >= 0.6 is 0 Å². The minimum atomic E-state index is -0.165. The van der Waals surface area contributed by atoms with Gasteiger partial charge in [-0.05, 0) is 46.3 Å². The molecular formula is C16H25NO2. The van der Waals surface area contributed by atoms with Gasteiger partial charge in [0.25, 0.3) is 0 Å². The molecule has 0 aliphatic carbocycles. The second kappa shape index (κ2) is 7.29. The highest BCUT2D eigenvalue weighted by Crippen LogP contribution is 2.24. The van der Waals surface area contributed by atoms with Crippen LogP contribution in [0.5, 0.6) is 0 Å². The number of ether oxygens (including phenoxy) is 1. The predicted molar refractivity (Wildman–Crippen MR) is 78.1 cm³/mol. The number of nitrogens with zero attached hydrogens (tertiary/aromatic N) is 1. The molecule has 1 rings (SSSR count). The molecule has 3 heteroatoms. The van der Waals surface area contributed by atoms with Crippen LogP contribution in [0.25, 0.3) is 0 Å². The normalized spacial score (nSPS) is 14.2. The van der Waals surface area contributed by atoms with Crippen LogP contribution in [0.3, 0.4) is 0 Å². The van der Waals surface area contributed by atoms with Gasteiger partial charge in [0.2, 0.25) is 0 Å². The highest BCUT2D eigenvalue weighted by Gasteiger charge is 2.30. The number of hydrogen-bond donors (Lipinski definition) is 0. The van der Waals surface area contributed by atoms with Crippen LogP contribution in [0, 0.1) is 0 Å². The molecule has 3 nitrogen and oxygen atoms in total. The van der Waals surface area contributed by atoms with Gasteiger partial charge in [-0.3, -0.25) is 4.79 Å². The van der Waals surface area contributed by atoms with Crippen molar-refractivity contribution in [3.8, 4) is 0 Å². The molecule has 0 amide bonds. The van der Waals surface area contributed by atoms with Gasteiger partial charge >= 0.3 is 5.97 Å². The third kappa shape index (κ3) is 5.03. The number of hydrogen-bond acceptors (Lipinski definition) is 3. The van der Waals surface area contributed by atoms with Crippen molar-refractivity contribution < 1.29 is 9.53 Å². The number of benzene rings is 1. The molecule has 19 heavy (non-hydrogen) atoms. The summed E-state index contributed by atoms with van der Waals surface area (Å²) >= 11 is 0. The maximum absolute atomic E-state index is 11.7. The summed E-state index contributed by atoms with van der Waals surface area (Å²) in [5.41, 5.74) is 1.14. The van der Waals surface area contributed by atoms with E-state index >= 15 is 0 Å².